The van der Waals surface area contributed by atoms with Crippen molar-refractivity contribution < 1.29 is 9.90 Å². The van der Waals surface area contributed by atoms with E-state index in [1.165, 1.54) is 0 Å². The van der Waals surface area contributed by atoms with Crippen LogP contribution in [-0.2, 0) is 0 Å². The number of amides is 2. The van der Waals surface area contributed by atoms with Gasteiger partial charge in [-0.25, -0.2) is 9.78 Å². The molecule has 2 amide bonds. The van der Waals surface area contributed by atoms with Crippen molar-refractivity contribution >= 4 is 11.8 Å². The van der Waals surface area contributed by atoms with E-state index >= 15 is 0 Å². The lowest BCUT2D eigenvalue weighted by atomic mass is 10.00. The Hall–Kier alpha value is -1.82. The van der Waals surface area contributed by atoms with E-state index in [-0.39, 0.29) is 24.7 Å². The first-order valence-electron chi connectivity index (χ1n) is 9.12. The summed E-state index contributed by atoms with van der Waals surface area (Å²) in [7, 11) is 0. The fourth-order valence-corrected chi connectivity index (χ4v) is 3.82. The predicted molar refractivity (Wildman–Crippen MR) is 94.1 cm³/mol. The maximum atomic E-state index is 12.7. The van der Waals surface area contributed by atoms with Crippen LogP contribution in [-0.4, -0.2) is 59.3 Å². The average molecular weight is 332 g/mol. The Bertz CT molecular complexity index is 523. The highest BCUT2D eigenvalue weighted by Gasteiger charge is 2.29. The molecule has 2 saturated heterocycles. The molecule has 2 aliphatic rings. The first kappa shape index (κ1) is 17.0. The second kappa shape index (κ2) is 8.33. The molecule has 0 saturated carbocycles. The highest BCUT2D eigenvalue weighted by molar-refractivity contribution is 5.75. The van der Waals surface area contributed by atoms with Crippen molar-refractivity contribution in [3.8, 4) is 0 Å². The fraction of sp³-hybridized carbons (Fsp3) is 0.667. The van der Waals surface area contributed by atoms with Crippen LogP contribution in [0.25, 0.3) is 0 Å². The molecule has 6 heteroatoms. The highest BCUT2D eigenvalue weighted by Crippen LogP contribution is 2.21. The number of urea groups is 1. The number of rotatable bonds is 4. The molecule has 6 nitrogen and oxygen atoms in total. The molecular weight excluding hydrogens is 304 g/mol. The summed E-state index contributed by atoms with van der Waals surface area (Å²) < 4.78 is 0. The van der Waals surface area contributed by atoms with Gasteiger partial charge in [0.05, 0.1) is 0 Å². The van der Waals surface area contributed by atoms with Gasteiger partial charge in [0.15, 0.2) is 0 Å². The number of nitrogens with zero attached hydrogens (tertiary/aromatic N) is 3. The van der Waals surface area contributed by atoms with E-state index in [1.54, 1.807) is 0 Å². The van der Waals surface area contributed by atoms with E-state index in [9.17, 15) is 9.90 Å². The van der Waals surface area contributed by atoms with E-state index < -0.39 is 0 Å². The fourth-order valence-electron chi connectivity index (χ4n) is 3.82. The van der Waals surface area contributed by atoms with Crippen LogP contribution in [0.5, 0.6) is 0 Å². The van der Waals surface area contributed by atoms with Crippen molar-refractivity contribution in [2.24, 2.45) is 0 Å². The van der Waals surface area contributed by atoms with Gasteiger partial charge in [0.1, 0.15) is 5.82 Å². The number of aliphatic hydroxyl groups excluding tert-OH is 1. The molecule has 0 unspecified atom stereocenters. The van der Waals surface area contributed by atoms with Crippen molar-refractivity contribution in [2.75, 3.05) is 31.1 Å². The molecule has 0 aromatic carbocycles. The number of hydrogen-bond acceptors (Lipinski definition) is 4. The van der Waals surface area contributed by atoms with Crippen molar-refractivity contribution in [1.82, 2.24) is 15.2 Å². The van der Waals surface area contributed by atoms with Crippen molar-refractivity contribution in [2.45, 2.75) is 50.6 Å². The van der Waals surface area contributed by atoms with Crippen LogP contribution >= 0.6 is 0 Å². The second-order valence-corrected chi connectivity index (χ2v) is 6.78. The van der Waals surface area contributed by atoms with E-state index in [4.69, 9.17) is 0 Å². The first-order chi connectivity index (χ1) is 11.8. The molecule has 2 aliphatic heterocycles. The third-order valence-electron chi connectivity index (χ3n) is 5.07. The minimum atomic E-state index is 0.0287. The van der Waals surface area contributed by atoms with Crippen LogP contribution in [0.1, 0.15) is 38.5 Å². The predicted octanol–water partition coefficient (Wildman–Crippen LogP) is 2.00. The molecule has 24 heavy (non-hydrogen) atoms. The summed E-state index contributed by atoms with van der Waals surface area (Å²) >= 11 is 0. The number of aromatic nitrogens is 1. The Labute approximate surface area is 143 Å². The molecule has 0 bridgehead atoms. The monoisotopic (exact) mass is 332 g/mol. The number of carbonyl (C=O) groups excluding carboxylic acids is 1. The van der Waals surface area contributed by atoms with E-state index in [1.807, 2.05) is 29.3 Å². The molecule has 2 N–H and O–H groups in total. The van der Waals surface area contributed by atoms with Crippen molar-refractivity contribution in [3.05, 3.63) is 24.4 Å². The number of likely N-dealkylation sites (tertiary alicyclic amines) is 1. The number of anilines is 1. The summed E-state index contributed by atoms with van der Waals surface area (Å²) in [6, 6.07) is 6.30. The maximum Gasteiger partial charge on any atom is 0.317 e. The Balaban J connectivity index is 1.57. The van der Waals surface area contributed by atoms with Crippen LogP contribution in [0.2, 0.25) is 0 Å². The van der Waals surface area contributed by atoms with Crippen LogP contribution in [0.4, 0.5) is 10.6 Å². The van der Waals surface area contributed by atoms with Gasteiger partial charge < -0.3 is 20.2 Å². The van der Waals surface area contributed by atoms with Crippen LogP contribution in [0, 0.1) is 0 Å². The zero-order chi connectivity index (χ0) is 16.8. The molecule has 2 fully saturated rings. The van der Waals surface area contributed by atoms with Crippen LogP contribution in [0.3, 0.4) is 0 Å². The van der Waals surface area contributed by atoms with E-state index in [0.717, 1.165) is 57.6 Å². The van der Waals surface area contributed by atoms with Crippen molar-refractivity contribution in [1.29, 1.82) is 0 Å². The normalized spacial score (nSPS) is 24.7. The number of pyridine rings is 1. The summed E-state index contributed by atoms with van der Waals surface area (Å²) in [5, 5.41) is 12.4. The average Bonchev–Trinajstić information content (AvgIpc) is 2.63. The van der Waals surface area contributed by atoms with Gasteiger partial charge in [0.25, 0.3) is 0 Å². The zero-order valence-electron chi connectivity index (χ0n) is 14.2. The Morgan fingerprint density at radius 2 is 2.17 bits per heavy atom. The summed E-state index contributed by atoms with van der Waals surface area (Å²) in [6.07, 6.45) is 7.75. The molecule has 1 aromatic rings. The number of piperidine rings is 2. The SMILES string of the molecule is O=C(N[C@@H]1CCCN(c2ccccn2)C1)N1CCCC[C@@H]1CCO. The van der Waals surface area contributed by atoms with Gasteiger partial charge in [-0.05, 0) is 50.7 Å². The largest absolute Gasteiger partial charge is 0.396 e. The number of aliphatic hydroxyl groups is 1. The van der Waals surface area contributed by atoms with E-state index in [2.05, 4.69) is 15.2 Å². The minimum Gasteiger partial charge on any atom is -0.396 e. The van der Waals surface area contributed by atoms with Gasteiger partial charge in [-0.2, -0.15) is 0 Å². The summed E-state index contributed by atoms with van der Waals surface area (Å²) in [5.74, 6) is 0.979. The Morgan fingerprint density at radius 3 is 2.96 bits per heavy atom. The summed E-state index contributed by atoms with van der Waals surface area (Å²) in [5.41, 5.74) is 0. The lowest BCUT2D eigenvalue weighted by Crippen LogP contribution is -2.55. The van der Waals surface area contributed by atoms with Gasteiger partial charge in [-0.1, -0.05) is 6.07 Å². The van der Waals surface area contributed by atoms with Gasteiger partial charge >= 0.3 is 6.03 Å². The van der Waals surface area contributed by atoms with E-state index in [0.29, 0.717) is 6.42 Å². The van der Waals surface area contributed by atoms with Crippen LogP contribution < -0.4 is 10.2 Å². The number of carbonyl (C=O) groups is 1. The Morgan fingerprint density at radius 1 is 1.25 bits per heavy atom. The lowest BCUT2D eigenvalue weighted by molar-refractivity contribution is 0.129. The summed E-state index contributed by atoms with van der Waals surface area (Å²) in [6.45, 7) is 2.74. The molecule has 3 rings (SSSR count). The molecule has 0 radical (unpaired) electrons. The summed E-state index contributed by atoms with van der Waals surface area (Å²) in [4.78, 5) is 21.3. The van der Waals surface area contributed by atoms with Gasteiger partial charge in [0, 0.05) is 44.5 Å². The maximum absolute atomic E-state index is 12.7. The quantitative estimate of drug-likeness (QED) is 0.885. The van der Waals surface area contributed by atoms with Gasteiger partial charge in [-0.3, -0.25) is 0 Å². The third kappa shape index (κ3) is 4.17. The van der Waals surface area contributed by atoms with Crippen molar-refractivity contribution in [3.63, 3.8) is 0 Å². The molecule has 132 valence electrons. The third-order valence-corrected chi connectivity index (χ3v) is 5.07. The lowest BCUT2D eigenvalue weighted by Gasteiger charge is -2.39. The first-order valence-corrected chi connectivity index (χ1v) is 9.12. The molecule has 3 heterocycles. The molecule has 1 aromatic heterocycles. The van der Waals surface area contributed by atoms with Gasteiger partial charge in [-0.15, -0.1) is 0 Å². The number of hydrogen-bond donors (Lipinski definition) is 2. The highest BCUT2D eigenvalue weighted by atomic mass is 16.3. The number of nitrogens with one attached hydrogen (secondary N) is 1. The molecule has 0 spiro atoms. The van der Waals surface area contributed by atoms with Gasteiger partial charge in [0.2, 0.25) is 0 Å². The molecule has 0 aliphatic carbocycles. The van der Waals surface area contributed by atoms with Crippen LogP contribution in [0.15, 0.2) is 24.4 Å². The second-order valence-electron chi connectivity index (χ2n) is 6.78. The minimum absolute atomic E-state index is 0.0287. The smallest absolute Gasteiger partial charge is 0.317 e. The zero-order valence-corrected chi connectivity index (χ0v) is 14.2. The molecule has 2 atom stereocenters. The Kier molecular flexibility index (Phi) is 5.91. The standard InChI is InChI=1S/C18H28N4O2/c23-13-9-16-7-2-4-12-22(16)18(24)20-15-6-5-11-21(14-15)17-8-1-3-10-19-17/h1,3,8,10,15-16,23H,2,4-7,9,11-14H2,(H,20,24)/t15-,16-/m1/s1. The molecular formula is C18H28N4O2. The topological polar surface area (TPSA) is 68.7 Å².